The molecule has 0 aromatic heterocycles. The van der Waals surface area contributed by atoms with Crippen LogP contribution in [0.3, 0.4) is 0 Å². The molecule has 4 N–H and O–H groups in total. The second-order valence-electron chi connectivity index (χ2n) is 9.96. The molecule has 4 rings (SSSR count). The molecule has 36 heavy (non-hydrogen) atoms. The highest BCUT2D eigenvalue weighted by molar-refractivity contribution is 6.30. The van der Waals surface area contributed by atoms with Crippen LogP contribution in [0.4, 0.5) is 0 Å². The minimum Gasteiger partial charge on any atom is -0.394 e. The van der Waals surface area contributed by atoms with Gasteiger partial charge in [0, 0.05) is 28.5 Å². The zero-order chi connectivity index (χ0) is 25.7. The first-order valence-corrected chi connectivity index (χ1v) is 13.4. The summed E-state index contributed by atoms with van der Waals surface area (Å²) >= 11 is 12.6. The van der Waals surface area contributed by atoms with Crippen LogP contribution in [0, 0.1) is 17.2 Å². The van der Waals surface area contributed by atoms with E-state index in [-0.39, 0.29) is 37.4 Å². The summed E-state index contributed by atoms with van der Waals surface area (Å²) in [5.41, 5.74) is 0.623. The second kappa shape index (κ2) is 11.9. The number of rotatable bonds is 8. The van der Waals surface area contributed by atoms with Gasteiger partial charge in [-0.25, -0.2) is 0 Å². The van der Waals surface area contributed by atoms with Crippen LogP contribution in [0.2, 0.25) is 10.0 Å². The van der Waals surface area contributed by atoms with Crippen LogP contribution in [0.1, 0.15) is 55.6 Å². The highest BCUT2D eigenvalue weighted by atomic mass is 35.5. The second-order valence-corrected chi connectivity index (χ2v) is 10.8. The molecule has 0 radical (unpaired) electrons. The van der Waals surface area contributed by atoms with E-state index >= 15 is 0 Å². The van der Waals surface area contributed by atoms with E-state index in [2.05, 4.69) is 16.7 Å². The lowest BCUT2D eigenvalue weighted by Gasteiger charge is -2.39. The lowest BCUT2D eigenvalue weighted by Crippen LogP contribution is -2.48. The van der Waals surface area contributed by atoms with Crippen molar-refractivity contribution < 1.29 is 15.0 Å². The molecule has 1 amide bonds. The minimum atomic E-state index is -1.02. The number of carbonyl (C=O) groups is 1. The Morgan fingerprint density at radius 3 is 2.50 bits per heavy atom. The van der Waals surface area contributed by atoms with Gasteiger partial charge in [-0.1, -0.05) is 66.7 Å². The molecule has 2 aromatic carbocycles. The van der Waals surface area contributed by atoms with Gasteiger partial charge in [0.05, 0.1) is 24.8 Å². The van der Waals surface area contributed by atoms with Crippen molar-refractivity contribution in [3.63, 3.8) is 0 Å². The molecule has 5 atom stereocenters. The Morgan fingerprint density at radius 2 is 1.86 bits per heavy atom. The van der Waals surface area contributed by atoms with Crippen molar-refractivity contribution in [2.24, 2.45) is 5.92 Å². The highest BCUT2D eigenvalue weighted by Gasteiger charge is 2.60. The average molecular weight is 530 g/mol. The molecular weight excluding hydrogens is 497 g/mol. The van der Waals surface area contributed by atoms with E-state index in [0.717, 1.165) is 36.8 Å². The minimum absolute atomic E-state index is 0.218. The van der Waals surface area contributed by atoms with E-state index in [1.807, 2.05) is 30.3 Å². The van der Waals surface area contributed by atoms with Gasteiger partial charge in [0.15, 0.2) is 0 Å². The third-order valence-corrected chi connectivity index (χ3v) is 8.27. The number of hydrogen-bond donors (Lipinski definition) is 4. The maximum atomic E-state index is 13.6. The SMILES string of the molecule is N#C[C@]1(c2ccc(Cl)cc2)[C@H](C2CCCCC2)N[C@@H](C(=O)NCC[C@H](O)CO)[C@@H]1c1cccc(Cl)c1. The number of halogens is 2. The number of aliphatic hydroxyl groups excluding tert-OH is 2. The predicted octanol–water partition coefficient (Wildman–Crippen LogP) is 4.32. The molecule has 0 spiro atoms. The van der Waals surface area contributed by atoms with Crippen molar-refractivity contribution in [1.82, 2.24) is 10.6 Å². The van der Waals surface area contributed by atoms with Crippen LogP contribution in [0.15, 0.2) is 48.5 Å². The molecule has 0 unspecified atom stereocenters. The van der Waals surface area contributed by atoms with Crippen LogP contribution in [-0.2, 0) is 10.2 Å². The number of nitriles is 1. The van der Waals surface area contributed by atoms with Gasteiger partial charge in [-0.2, -0.15) is 5.26 Å². The molecule has 1 saturated heterocycles. The first-order valence-electron chi connectivity index (χ1n) is 12.7. The van der Waals surface area contributed by atoms with Crippen molar-refractivity contribution in [3.8, 4) is 6.07 Å². The number of nitrogens with one attached hydrogen (secondary N) is 2. The molecule has 8 heteroatoms. The van der Waals surface area contributed by atoms with Crippen LogP contribution >= 0.6 is 23.2 Å². The van der Waals surface area contributed by atoms with Crippen molar-refractivity contribution >= 4 is 29.1 Å². The number of benzene rings is 2. The fourth-order valence-electron chi connectivity index (χ4n) is 6.09. The Labute approximate surface area is 222 Å². The number of amides is 1. The van der Waals surface area contributed by atoms with Gasteiger partial charge in [0.2, 0.25) is 5.91 Å². The van der Waals surface area contributed by atoms with Gasteiger partial charge in [-0.05, 0) is 60.6 Å². The molecule has 0 bridgehead atoms. The topological polar surface area (TPSA) is 105 Å². The number of nitrogens with zero attached hydrogens (tertiary/aromatic N) is 1. The molecular formula is C28H33Cl2N3O3. The summed E-state index contributed by atoms with van der Waals surface area (Å²) in [4.78, 5) is 13.6. The van der Waals surface area contributed by atoms with Gasteiger partial charge in [0.25, 0.3) is 0 Å². The molecule has 2 aliphatic rings. The monoisotopic (exact) mass is 529 g/mol. The van der Waals surface area contributed by atoms with Crippen LogP contribution in [-0.4, -0.2) is 47.5 Å². The number of aliphatic hydroxyl groups is 2. The Hall–Kier alpha value is -2.14. The van der Waals surface area contributed by atoms with Crippen LogP contribution in [0.25, 0.3) is 0 Å². The van der Waals surface area contributed by atoms with Crippen LogP contribution < -0.4 is 10.6 Å². The van der Waals surface area contributed by atoms with Gasteiger partial charge in [-0.3, -0.25) is 4.79 Å². The largest absolute Gasteiger partial charge is 0.394 e. The normalized spacial score (nSPS) is 27.4. The third-order valence-electron chi connectivity index (χ3n) is 7.78. The zero-order valence-electron chi connectivity index (χ0n) is 20.2. The van der Waals surface area contributed by atoms with Crippen molar-refractivity contribution in [3.05, 3.63) is 69.7 Å². The van der Waals surface area contributed by atoms with Crippen molar-refractivity contribution in [1.29, 1.82) is 5.26 Å². The fourth-order valence-corrected chi connectivity index (χ4v) is 6.41. The third kappa shape index (κ3) is 5.41. The van der Waals surface area contributed by atoms with Gasteiger partial charge in [0.1, 0.15) is 5.41 Å². The lowest BCUT2D eigenvalue weighted by atomic mass is 9.61. The average Bonchev–Trinajstić information content (AvgIpc) is 3.26. The predicted molar refractivity (Wildman–Crippen MR) is 141 cm³/mol. The first-order chi connectivity index (χ1) is 17.4. The molecule has 1 aliphatic heterocycles. The maximum Gasteiger partial charge on any atom is 0.237 e. The van der Waals surface area contributed by atoms with Gasteiger partial charge in [-0.15, -0.1) is 0 Å². The highest BCUT2D eigenvalue weighted by Crippen LogP contribution is 2.52. The molecule has 1 aliphatic carbocycles. The molecule has 192 valence electrons. The quantitative estimate of drug-likeness (QED) is 0.407. The Kier molecular flexibility index (Phi) is 8.92. The first kappa shape index (κ1) is 26.9. The number of hydrogen-bond acceptors (Lipinski definition) is 5. The van der Waals surface area contributed by atoms with Crippen molar-refractivity contribution in [2.45, 2.75) is 68.0 Å². The van der Waals surface area contributed by atoms with E-state index in [1.54, 1.807) is 18.2 Å². The van der Waals surface area contributed by atoms with E-state index < -0.39 is 23.5 Å². The molecule has 6 nitrogen and oxygen atoms in total. The van der Waals surface area contributed by atoms with Gasteiger partial charge >= 0.3 is 0 Å². The Balaban J connectivity index is 1.81. The molecule has 1 saturated carbocycles. The summed E-state index contributed by atoms with van der Waals surface area (Å²) in [5.74, 6) is -0.501. The fraction of sp³-hybridized carbons (Fsp3) is 0.500. The maximum absolute atomic E-state index is 13.6. The lowest BCUT2D eigenvalue weighted by molar-refractivity contribution is -0.123. The summed E-state index contributed by atoms with van der Waals surface area (Å²) < 4.78 is 0. The molecule has 1 heterocycles. The van der Waals surface area contributed by atoms with E-state index in [9.17, 15) is 15.2 Å². The smallest absolute Gasteiger partial charge is 0.237 e. The van der Waals surface area contributed by atoms with Crippen LogP contribution in [0.5, 0.6) is 0 Å². The zero-order valence-corrected chi connectivity index (χ0v) is 21.7. The van der Waals surface area contributed by atoms with Gasteiger partial charge < -0.3 is 20.8 Å². The summed E-state index contributed by atoms with van der Waals surface area (Å²) in [6.07, 6.45) is 4.71. The van der Waals surface area contributed by atoms with E-state index in [4.69, 9.17) is 28.3 Å². The number of carbonyl (C=O) groups excluding carboxylic acids is 1. The molecule has 2 aromatic rings. The summed E-state index contributed by atoms with van der Waals surface area (Å²) in [7, 11) is 0. The Morgan fingerprint density at radius 1 is 1.14 bits per heavy atom. The van der Waals surface area contributed by atoms with Crippen molar-refractivity contribution in [2.75, 3.05) is 13.2 Å². The van der Waals surface area contributed by atoms with E-state index in [1.165, 1.54) is 6.42 Å². The summed E-state index contributed by atoms with van der Waals surface area (Å²) in [5, 5.41) is 37.5. The Bertz CT molecular complexity index is 1080. The summed E-state index contributed by atoms with van der Waals surface area (Å²) in [6, 6.07) is 16.6. The standard InChI is InChI=1S/C28H33Cl2N3O3/c29-21-11-9-20(10-12-21)28(17-31)24(19-7-4-8-22(30)15-19)25(27(36)32-14-13-23(35)16-34)33-26(28)18-5-2-1-3-6-18/h4,7-12,15,18,23-26,33-35H,1-3,5-6,13-14,16H2,(H,32,36)/t23-,24-,25+,26-,28+/m0/s1. The molecule has 2 fully saturated rings. The van der Waals surface area contributed by atoms with E-state index in [0.29, 0.717) is 10.0 Å². The summed E-state index contributed by atoms with van der Waals surface area (Å²) in [6.45, 7) is -0.143.